The summed E-state index contributed by atoms with van der Waals surface area (Å²) in [6.45, 7) is 1.83. The SMILES string of the molecule is CB(Cl)n1c2nc3nc(nc4c5nccnc5c(nc1c1nccnc12)n4C)-c1nccnc1-3. The fraction of sp³-hybridized carbons (Fsp3) is 0.100. The van der Waals surface area contributed by atoms with E-state index in [2.05, 4.69) is 34.9 Å². The van der Waals surface area contributed by atoms with Gasteiger partial charge in [-0.3, -0.25) is 0 Å². The number of aromatic nitrogens is 12. The van der Waals surface area contributed by atoms with Crippen LogP contribution in [0, 0.1) is 0 Å². The van der Waals surface area contributed by atoms with Gasteiger partial charge in [0.1, 0.15) is 33.5 Å². The second kappa shape index (κ2) is 6.81. The molecule has 0 radical (unpaired) electrons. The zero-order valence-electron chi connectivity index (χ0n) is 17.8. The normalized spacial score (nSPS) is 12.0. The summed E-state index contributed by atoms with van der Waals surface area (Å²) < 4.78 is 3.59. The van der Waals surface area contributed by atoms with E-state index in [9.17, 15) is 0 Å². The van der Waals surface area contributed by atoms with E-state index in [1.54, 1.807) is 41.7 Å². The summed E-state index contributed by atoms with van der Waals surface area (Å²) in [5.74, 6) is 0.720. The van der Waals surface area contributed by atoms with Gasteiger partial charge < -0.3 is 9.05 Å². The maximum absolute atomic E-state index is 6.67. The van der Waals surface area contributed by atoms with Crippen LogP contribution in [-0.2, 0) is 7.05 Å². The largest absolute Gasteiger partial charge is 0.365 e. The van der Waals surface area contributed by atoms with Crippen LogP contribution in [0.4, 0.5) is 0 Å². The molecule has 6 aromatic rings. The fourth-order valence-corrected chi connectivity index (χ4v) is 4.40. The van der Waals surface area contributed by atoms with Crippen LogP contribution < -0.4 is 0 Å². The maximum Gasteiger partial charge on any atom is 0.365 e. The number of halogens is 1. The first-order valence-corrected chi connectivity index (χ1v) is 10.8. The summed E-state index contributed by atoms with van der Waals surface area (Å²) in [6.07, 6.45) is 9.10. The Bertz CT molecular complexity index is 1880. The number of hydrogen-bond acceptors (Lipinski definition) is 10. The molecule has 0 N–H and O–H groups in total. The number of nitrogens with zero attached hydrogens (tertiary/aromatic N) is 12. The van der Waals surface area contributed by atoms with Crippen molar-refractivity contribution < 1.29 is 0 Å². The van der Waals surface area contributed by atoms with E-state index in [0.29, 0.717) is 67.7 Å². The van der Waals surface area contributed by atoms with Gasteiger partial charge in [0.25, 0.3) is 0 Å². The highest BCUT2D eigenvalue weighted by Crippen LogP contribution is 2.32. The molecule has 34 heavy (non-hydrogen) atoms. The van der Waals surface area contributed by atoms with Crippen LogP contribution >= 0.6 is 11.5 Å². The molecule has 0 spiro atoms. The van der Waals surface area contributed by atoms with Gasteiger partial charge in [-0.05, 0) is 6.82 Å². The molecule has 1 aliphatic heterocycles. The van der Waals surface area contributed by atoms with Crippen LogP contribution in [0.15, 0.2) is 37.2 Å². The zero-order valence-corrected chi connectivity index (χ0v) is 18.5. The van der Waals surface area contributed by atoms with Crippen molar-refractivity contribution in [1.82, 2.24) is 58.9 Å². The first-order valence-electron chi connectivity index (χ1n) is 10.3. The Morgan fingerprint density at radius 1 is 0.588 bits per heavy atom. The highest BCUT2D eigenvalue weighted by atomic mass is 35.5. The van der Waals surface area contributed by atoms with Gasteiger partial charge in [-0.15, -0.1) is 0 Å². The molecule has 12 nitrogen and oxygen atoms in total. The van der Waals surface area contributed by atoms with Crippen LogP contribution in [0.2, 0.25) is 6.82 Å². The molecule has 162 valence electrons. The Kier molecular flexibility index (Phi) is 3.83. The lowest BCUT2D eigenvalue weighted by molar-refractivity contribution is 0.966. The molecule has 0 atom stereocenters. The molecular formula is C20H12BClN12. The predicted octanol–water partition coefficient (Wildman–Crippen LogP) is 2.37. The lowest BCUT2D eigenvalue weighted by Crippen LogP contribution is -2.13. The van der Waals surface area contributed by atoms with Crippen LogP contribution in [-0.4, -0.2) is 65.1 Å². The van der Waals surface area contributed by atoms with Crippen molar-refractivity contribution in [2.45, 2.75) is 6.82 Å². The van der Waals surface area contributed by atoms with Crippen molar-refractivity contribution in [3.05, 3.63) is 37.2 Å². The average molecular weight is 467 g/mol. The minimum atomic E-state index is -0.523. The van der Waals surface area contributed by atoms with E-state index >= 15 is 0 Å². The van der Waals surface area contributed by atoms with E-state index < -0.39 is 6.26 Å². The fourth-order valence-electron chi connectivity index (χ4n) is 4.21. The number of rotatable bonds is 1. The number of fused-ring (bicyclic) bond motifs is 15. The van der Waals surface area contributed by atoms with Gasteiger partial charge in [0.15, 0.2) is 34.2 Å². The highest BCUT2D eigenvalue weighted by Gasteiger charge is 2.26. The summed E-state index contributed by atoms with van der Waals surface area (Å²) >= 11 is 6.67. The molecule has 0 saturated heterocycles. The van der Waals surface area contributed by atoms with Gasteiger partial charge in [-0.25, -0.2) is 49.8 Å². The third kappa shape index (κ3) is 2.49. The minimum absolute atomic E-state index is 0.349. The highest BCUT2D eigenvalue weighted by molar-refractivity contribution is 7.05. The van der Waals surface area contributed by atoms with Gasteiger partial charge in [-0.2, -0.15) is 11.5 Å². The third-order valence-electron chi connectivity index (χ3n) is 5.66. The monoisotopic (exact) mass is 466 g/mol. The Hall–Kier alpha value is -4.39. The predicted molar refractivity (Wildman–Crippen MR) is 126 cm³/mol. The van der Waals surface area contributed by atoms with Crippen molar-refractivity contribution in [2.75, 3.05) is 0 Å². The minimum Gasteiger partial charge on any atom is -0.337 e. The molecule has 0 fully saturated rings. The van der Waals surface area contributed by atoms with E-state index in [1.165, 1.54) is 0 Å². The standard InChI is InChI=1S/C20H12BClN12/c1-21(22)34-19-13-14(28-8-7-27-13)20(34)32-18-12-11(25-5-6-26-12)17(33(18)2)30-15-9-10(16(29-15)31-19)24-4-3-23-9/h3-8H,1-2H3. The summed E-state index contributed by atoms with van der Waals surface area (Å²) in [5, 5.41) is 0. The van der Waals surface area contributed by atoms with Gasteiger partial charge in [0.2, 0.25) is 0 Å². The molecular weight excluding hydrogens is 455 g/mol. The first kappa shape index (κ1) is 19.1. The summed E-state index contributed by atoms with van der Waals surface area (Å²) in [4.78, 5) is 46.4. The zero-order chi connectivity index (χ0) is 23.0. The molecule has 0 aliphatic carbocycles. The molecule has 0 amide bonds. The topological polar surface area (TPSA) is 139 Å². The molecule has 0 aromatic carbocycles. The second-order valence-electron chi connectivity index (χ2n) is 7.65. The lowest BCUT2D eigenvalue weighted by Gasteiger charge is -2.04. The van der Waals surface area contributed by atoms with Crippen molar-refractivity contribution in [2.24, 2.45) is 7.05 Å². The van der Waals surface area contributed by atoms with Crippen molar-refractivity contribution in [3.63, 3.8) is 0 Å². The first-order chi connectivity index (χ1) is 16.6. The third-order valence-corrected chi connectivity index (χ3v) is 5.86. The van der Waals surface area contributed by atoms with Gasteiger partial charge in [0, 0.05) is 44.2 Å². The van der Waals surface area contributed by atoms with Crippen LogP contribution in [0.3, 0.4) is 0 Å². The van der Waals surface area contributed by atoms with E-state index in [4.69, 9.17) is 26.4 Å². The summed E-state index contributed by atoms with van der Waals surface area (Å²) in [5.41, 5.74) is 5.30. The molecule has 6 bridgehead atoms. The second-order valence-corrected chi connectivity index (χ2v) is 8.28. The Labute approximate surface area is 195 Å². The smallest absolute Gasteiger partial charge is 0.337 e. The van der Waals surface area contributed by atoms with Gasteiger partial charge in [0.05, 0.1) is 0 Å². The van der Waals surface area contributed by atoms with E-state index in [1.807, 2.05) is 18.4 Å². The van der Waals surface area contributed by atoms with Crippen molar-refractivity contribution >= 4 is 62.4 Å². The van der Waals surface area contributed by atoms with E-state index in [0.717, 1.165) is 0 Å². The van der Waals surface area contributed by atoms with Crippen molar-refractivity contribution in [1.29, 1.82) is 0 Å². The Morgan fingerprint density at radius 3 is 1.53 bits per heavy atom. The molecule has 0 saturated carbocycles. The Balaban J connectivity index is 1.86. The number of hydrogen-bond donors (Lipinski definition) is 0. The van der Waals surface area contributed by atoms with Crippen LogP contribution in [0.1, 0.15) is 0 Å². The molecule has 7 rings (SSSR count). The van der Waals surface area contributed by atoms with Crippen LogP contribution in [0.25, 0.3) is 67.7 Å². The summed E-state index contributed by atoms with van der Waals surface area (Å²) in [7, 11) is 1.85. The summed E-state index contributed by atoms with van der Waals surface area (Å²) in [6, 6.07) is 0. The average Bonchev–Trinajstić information content (AvgIpc) is 3.45. The number of aryl methyl sites for hydroxylation is 1. The van der Waals surface area contributed by atoms with Crippen molar-refractivity contribution in [3.8, 4) is 23.0 Å². The van der Waals surface area contributed by atoms with E-state index in [-0.39, 0.29) is 0 Å². The quantitative estimate of drug-likeness (QED) is 0.331. The molecule has 7 heterocycles. The van der Waals surface area contributed by atoms with Gasteiger partial charge >= 0.3 is 6.26 Å². The molecule has 1 aliphatic rings. The molecule has 14 heteroatoms. The van der Waals surface area contributed by atoms with Crippen LogP contribution in [0.5, 0.6) is 0 Å². The maximum atomic E-state index is 6.67. The Morgan fingerprint density at radius 2 is 1.00 bits per heavy atom. The molecule has 0 unspecified atom stereocenters. The lowest BCUT2D eigenvalue weighted by atomic mass is 9.97. The molecule has 6 aromatic heterocycles. The van der Waals surface area contributed by atoms with Gasteiger partial charge in [-0.1, -0.05) is 0 Å².